The number of aliphatic hydroxyl groups is 2. The second-order valence-electron chi connectivity index (χ2n) is 22.5. The molecule has 0 rings (SSSR count). The number of rotatable bonds is 57. The lowest BCUT2D eigenvalue weighted by Gasteiger charge is -2.31. The van der Waals surface area contributed by atoms with E-state index in [0.717, 1.165) is 64.2 Å². The summed E-state index contributed by atoms with van der Waals surface area (Å²) in [5.41, 5.74) is 0. The van der Waals surface area contributed by atoms with Crippen LogP contribution in [0.2, 0.25) is 0 Å². The summed E-state index contributed by atoms with van der Waals surface area (Å²) in [4.78, 5) is 25.6. The predicted octanol–water partition coefficient (Wildman–Crippen LogP) is 17.4. The van der Waals surface area contributed by atoms with Crippen LogP contribution < -0.4 is 10.2 Å². The van der Waals surface area contributed by atoms with Crippen LogP contribution in [0, 0.1) is 0 Å². The van der Waals surface area contributed by atoms with E-state index >= 15 is 0 Å². The van der Waals surface area contributed by atoms with Crippen LogP contribution in [0.25, 0.3) is 0 Å². The molecule has 0 spiro atoms. The molecule has 0 aromatic heterocycles. The highest BCUT2D eigenvalue weighted by molar-refractivity contribution is 7.45. The van der Waals surface area contributed by atoms with Crippen LogP contribution >= 0.6 is 7.82 Å². The van der Waals surface area contributed by atoms with Gasteiger partial charge in [-0.3, -0.25) is 9.36 Å². The van der Waals surface area contributed by atoms with E-state index in [-0.39, 0.29) is 18.9 Å². The molecule has 1 amide bonds. The molecule has 73 heavy (non-hydrogen) atoms. The number of carbonyl (C=O) groups is 1. The molecular weight excluding hydrogens is 928 g/mol. The highest BCUT2D eigenvalue weighted by Gasteiger charge is 2.29. The van der Waals surface area contributed by atoms with E-state index in [1.54, 1.807) is 0 Å². The fourth-order valence-corrected chi connectivity index (χ4v) is 10.0. The van der Waals surface area contributed by atoms with Crippen molar-refractivity contribution in [3.05, 3.63) is 48.6 Å². The summed E-state index contributed by atoms with van der Waals surface area (Å²) in [6.45, 7) is 4.35. The van der Waals surface area contributed by atoms with E-state index in [4.69, 9.17) is 9.05 Å². The van der Waals surface area contributed by atoms with Gasteiger partial charge in [-0.1, -0.05) is 281 Å². The van der Waals surface area contributed by atoms with Crippen molar-refractivity contribution < 1.29 is 38.0 Å². The third-order valence-electron chi connectivity index (χ3n) is 14.2. The Bertz CT molecular complexity index is 1350. The molecule has 430 valence electrons. The average Bonchev–Trinajstić information content (AvgIpc) is 3.35. The molecule has 0 aromatic carbocycles. The van der Waals surface area contributed by atoms with Gasteiger partial charge in [0.05, 0.1) is 39.9 Å². The van der Waals surface area contributed by atoms with E-state index in [2.05, 4.69) is 67.8 Å². The summed E-state index contributed by atoms with van der Waals surface area (Å²) in [5, 5.41) is 24.8. The summed E-state index contributed by atoms with van der Waals surface area (Å²) in [6, 6.07) is -1.07. The Labute approximate surface area is 452 Å². The number of quaternary nitrogens is 1. The molecular formula is C63H121N2O7P. The summed E-state index contributed by atoms with van der Waals surface area (Å²) < 4.78 is 23.3. The molecule has 10 heteroatoms. The quantitative estimate of drug-likeness (QED) is 0.0240. The smallest absolute Gasteiger partial charge is 0.268 e. The van der Waals surface area contributed by atoms with Gasteiger partial charge in [0.1, 0.15) is 19.3 Å². The maximum Gasteiger partial charge on any atom is 0.268 e. The van der Waals surface area contributed by atoms with Gasteiger partial charge < -0.3 is 34.0 Å². The van der Waals surface area contributed by atoms with Crippen molar-refractivity contribution in [1.29, 1.82) is 0 Å². The number of nitrogens with zero attached hydrogens (tertiary/aromatic N) is 1. The number of hydrogen-bond donors (Lipinski definition) is 3. The molecule has 0 aromatic rings. The van der Waals surface area contributed by atoms with E-state index in [0.29, 0.717) is 17.4 Å². The zero-order valence-corrected chi connectivity index (χ0v) is 49.6. The largest absolute Gasteiger partial charge is 0.756 e. The van der Waals surface area contributed by atoms with Crippen LogP contribution in [-0.2, 0) is 18.4 Å². The summed E-state index contributed by atoms with van der Waals surface area (Å²) in [7, 11) is 1.14. The number of allylic oxidation sites excluding steroid dienone is 8. The van der Waals surface area contributed by atoms with E-state index < -0.39 is 32.7 Å². The van der Waals surface area contributed by atoms with Crippen LogP contribution in [-0.4, -0.2) is 79.8 Å². The fraction of sp³-hybridized carbons (Fsp3) is 0.857. The number of phosphoric ester groups is 1. The number of amides is 1. The van der Waals surface area contributed by atoms with Gasteiger partial charge in [0, 0.05) is 6.42 Å². The maximum absolute atomic E-state index is 13.0. The first kappa shape index (κ1) is 71.4. The minimum Gasteiger partial charge on any atom is -0.756 e. The minimum atomic E-state index is -4.67. The molecule has 0 fully saturated rings. The number of aliphatic hydroxyl groups excluding tert-OH is 2. The molecule has 9 nitrogen and oxygen atoms in total. The van der Waals surface area contributed by atoms with Gasteiger partial charge in [0.2, 0.25) is 5.91 Å². The summed E-state index contributed by atoms with van der Waals surface area (Å²) in [6.07, 6.45) is 67.7. The first-order valence-electron chi connectivity index (χ1n) is 31.1. The second-order valence-corrected chi connectivity index (χ2v) is 23.9. The number of unbranched alkanes of at least 4 members (excludes halogenated alkanes) is 35. The fourth-order valence-electron chi connectivity index (χ4n) is 9.31. The molecule has 4 unspecified atom stereocenters. The average molecular weight is 1050 g/mol. The lowest BCUT2D eigenvalue weighted by atomic mass is 9.99. The van der Waals surface area contributed by atoms with Gasteiger partial charge in [-0.15, -0.1) is 0 Å². The molecule has 0 aliphatic rings. The first-order valence-corrected chi connectivity index (χ1v) is 32.5. The Morgan fingerprint density at radius 2 is 0.863 bits per heavy atom. The Morgan fingerprint density at radius 1 is 0.507 bits per heavy atom. The monoisotopic (exact) mass is 1050 g/mol. The molecule has 0 saturated carbocycles. The molecule has 3 N–H and O–H groups in total. The lowest BCUT2D eigenvalue weighted by molar-refractivity contribution is -0.870. The zero-order chi connectivity index (χ0) is 53.6. The number of phosphoric acid groups is 1. The molecule has 0 radical (unpaired) electrons. The first-order chi connectivity index (χ1) is 35.4. The van der Waals surface area contributed by atoms with E-state index in [1.165, 1.54) is 199 Å². The van der Waals surface area contributed by atoms with Crippen molar-refractivity contribution in [1.82, 2.24) is 5.32 Å². The molecule has 0 bridgehead atoms. The summed E-state index contributed by atoms with van der Waals surface area (Å²) in [5.74, 6) is -0.274. The Kier molecular flexibility index (Phi) is 52.6. The standard InChI is InChI=1S/C63H121N2O7P/c1-6-8-10-12-14-16-18-20-21-22-23-24-25-26-27-28-29-30-31-32-33-34-35-36-37-38-39-40-41-42-43-44-46-48-50-52-54-56-62(67)64-60(59-72-73(69,70)71-58-57-65(3,4)5)63(68)61(66)55-53-51-49-47-45-19-17-15-13-11-9-7-2/h8,10,14,16,20-21,23-24,60-61,63,66,68H,6-7,9,11-13,15,17-19,22,25-59H2,1-5H3,(H-,64,67,69,70)/b10-8-,16-14-,21-20-,24-23-. The van der Waals surface area contributed by atoms with Crippen molar-refractivity contribution in [2.24, 2.45) is 0 Å². The van der Waals surface area contributed by atoms with E-state index in [1.807, 2.05) is 21.1 Å². The molecule has 0 aliphatic carbocycles. The highest BCUT2D eigenvalue weighted by Crippen LogP contribution is 2.38. The lowest BCUT2D eigenvalue weighted by Crippen LogP contribution is -2.51. The van der Waals surface area contributed by atoms with Gasteiger partial charge in [-0.2, -0.15) is 0 Å². The van der Waals surface area contributed by atoms with Gasteiger partial charge >= 0.3 is 0 Å². The minimum absolute atomic E-state index is 0.0391. The molecule has 0 saturated heterocycles. The van der Waals surface area contributed by atoms with Crippen LogP contribution in [0.5, 0.6) is 0 Å². The SMILES string of the molecule is CC/C=C\C/C=C\C/C=C\C/C=C\CCCCCCCCCCCCCCCCCCCCCCCCCCC(=O)NC(COP(=O)([O-])OCC[N+](C)(C)C)C(O)C(O)CCCCCCCCCCCCCC. The van der Waals surface area contributed by atoms with Crippen molar-refractivity contribution in [2.45, 2.75) is 308 Å². The molecule has 0 aliphatic heterocycles. The maximum atomic E-state index is 13.0. The third-order valence-corrected chi connectivity index (χ3v) is 15.1. The second kappa shape index (κ2) is 53.8. The number of nitrogens with one attached hydrogen (secondary N) is 1. The number of hydrogen-bond acceptors (Lipinski definition) is 7. The van der Waals surface area contributed by atoms with Gasteiger partial charge in [-0.05, 0) is 51.4 Å². The van der Waals surface area contributed by atoms with Crippen molar-refractivity contribution in [3.8, 4) is 0 Å². The highest BCUT2D eigenvalue weighted by atomic mass is 31.2. The van der Waals surface area contributed by atoms with Crippen molar-refractivity contribution in [3.63, 3.8) is 0 Å². The zero-order valence-electron chi connectivity index (χ0n) is 48.7. The topological polar surface area (TPSA) is 128 Å². The Balaban J connectivity index is 3.96. The van der Waals surface area contributed by atoms with Crippen LogP contribution in [0.15, 0.2) is 48.6 Å². The van der Waals surface area contributed by atoms with E-state index in [9.17, 15) is 24.5 Å². The Morgan fingerprint density at radius 3 is 1.26 bits per heavy atom. The normalized spacial score (nSPS) is 14.6. The summed E-state index contributed by atoms with van der Waals surface area (Å²) >= 11 is 0. The van der Waals surface area contributed by atoms with Gasteiger partial charge in [-0.25, -0.2) is 0 Å². The number of likely N-dealkylation sites (N-methyl/N-ethyl adjacent to an activating group) is 1. The Hall–Kier alpha value is -1.58. The van der Waals surface area contributed by atoms with Crippen molar-refractivity contribution in [2.75, 3.05) is 40.9 Å². The predicted molar refractivity (Wildman–Crippen MR) is 313 cm³/mol. The van der Waals surface area contributed by atoms with Crippen LogP contribution in [0.3, 0.4) is 0 Å². The van der Waals surface area contributed by atoms with Crippen LogP contribution in [0.4, 0.5) is 0 Å². The molecule has 4 atom stereocenters. The molecule has 0 heterocycles. The van der Waals surface area contributed by atoms with Crippen LogP contribution in [0.1, 0.15) is 290 Å². The van der Waals surface area contributed by atoms with Crippen molar-refractivity contribution >= 4 is 13.7 Å². The van der Waals surface area contributed by atoms with Gasteiger partial charge in [0.15, 0.2) is 0 Å². The van der Waals surface area contributed by atoms with Gasteiger partial charge in [0.25, 0.3) is 7.82 Å². The number of carbonyl (C=O) groups excluding carboxylic acids is 1. The third kappa shape index (κ3) is 55.0.